The topological polar surface area (TPSA) is 141 Å². The lowest BCUT2D eigenvalue weighted by molar-refractivity contribution is -0.137. The van der Waals surface area contributed by atoms with Crippen LogP contribution in [0.3, 0.4) is 0 Å². The molecule has 2 aromatic heterocycles. The van der Waals surface area contributed by atoms with E-state index in [-0.39, 0.29) is 22.8 Å². The van der Waals surface area contributed by atoms with Gasteiger partial charge in [-0.2, -0.15) is 23.5 Å². The van der Waals surface area contributed by atoms with Crippen molar-refractivity contribution in [1.29, 1.82) is 5.26 Å². The molecule has 0 fully saturated rings. The van der Waals surface area contributed by atoms with Gasteiger partial charge in [-0.15, -0.1) is 0 Å². The zero-order valence-corrected chi connectivity index (χ0v) is 17.6. The van der Waals surface area contributed by atoms with Gasteiger partial charge in [0.25, 0.3) is 0 Å². The Labute approximate surface area is 194 Å². The van der Waals surface area contributed by atoms with E-state index in [1.165, 1.54) is 23.0 Å². The van der Waals surface area contributed by atoms with Crippen LogP contribution in [0.2, 0.25) is 0 Å². The zero-order valence-electron chi connectivity index (χ0n) is 17.6. The Morgan fingerprint density at radius 1 is 1.17 bits per heavy atom. The number of carbonyl (C=O) groups is 1. The van der Waals surface area contributed by atoms with E-state index in [9.17, 15) is 32.7 Å². The number of anilines is 3. The molecule has 9 nitrogen and oxygen atoms in total. The number of fused-ring (bicyclic) bond motifs is 1. The number of aromatic nitrogens is 3. The second-order valence-electron chi connectivity index (χ2n) is 7.23. The summed E-state index contributed by atoms with van der Waals surface area (Å²) in [7, 11) is 0. The number of amides is 2. The van der Waals surface area contributed by atoms with Gasteiger partial charge in [0.1, 0.15) is 29.4 Å². The number of aliphatic hydroxyl groups is 1. The highest BCUT2D eigenvalue weighted by Gasteiger charge is 2.31. The molecule has 178 valence electrons. The molecule has 0 saturated heterocycles. The summed E-state index contributed by atoms with van der Waals surface area (Å²) < 4.78 is 53.7. The molecule has 2 aromatic carbocycles. The number of nitrogens with two attached hydrogens (primary N) is 1. The smallest absolute Gasteiger partial charge is 0.392 e. The fourth-order valence-corrected chi connectivity index (χ4v) is 3.54. The fourth-order valence-electron chi connectivity index (χ4n) is 3.54. The minimum atomic E-state index is -4.70. The highest BCUT2D eigenvalue weighted by Crippen LogP contribution is 2.36. The Bertz CT molecular complexity index is 1470. The number of hydrogen-bond donors (Lipinski definition) is 4. The van der Waals surface area contributed by atoms with E-state index in [4.69, 9.17) is 5.73 Å². The number of urea groups is 1. The summed E-state index contributed by atoms with van der Waals surface area (Å²) in [5.74, 6) is -0.954. The van der Waals surface area contributed by atoms with Crippen LogP contribution < -0.4 is 16.4 Å². The van der Waals surface area contributed by atoms with E-state index < -0.39 is 35.9 Å². The Hall–Kier alpha value is -4.70. The normalized spacial score (nSPS) is 11.3. The Morgan fingerprint density at radius 2 is 1.89 bits per heavy atom. The Balaban J connectivity index is 1.60. The summed E-state index contributed by atoms with van der Waals surface area (Å²) in [5, 5.41) is 27.8. The highest BCUT2D eigenvalue weighted by atomic mass is 19.4. The van der Waals surface area contributed by atoms with Gasteiger partial charge in [-0.05, 0) is 35.9 Å². The number of carbonyl (C=O) groups excluding carboxylic acids is 1. The monoisotopic (exact) mass is 485 g/mol. The lowest BCUT2D eigenvalue weighted by atomic mass is 10.0. The van der Waals surface area contributed by atoms with Gasteiger partial charge in [0.2, 0.25) is 0 Å². The van der Waals surface area contributed by atoms with Gasteiger partial charge in [0.15, 0.2) is 5.82 Å². The van der Waals surface area contributed by atoms with Crippen molar-refractivity contribution in [2.45, 2.75) is 12.8 Å². The molecule has 35 heavy (non-hydrogen) atoms. The molecule has 4 aromatic rings. The average molecular weight is 485 g/mol. The van der Waals surface area contributed by atoms with Gasteiger partial charge in [-0.25, -0.2) is 18.7 Å². The number of nitrogens with one attached hydrogen (secondary N) is 2. The number of nitrogens with zero attached hydrogens (tertiary/aromatic N) is 4. The lowest BCUT2D eigenvalue weighted by Crippen LogP contribution is -2.20. The zero-order chi connectivity index (χ0) is 25.3. The fraction of sp³-hybridized carbons (Fsp3) is 0.0909. The van der Waals surface area contributed by atoms with Crippen LogP contribution in [0.15, 0.2) is 48.8 Å². The van der Waals surface area contributed by atoms with Crippen molar-refractivity contribution in [3.05, 3.63) is 71.4 Å². The number of benzene rings is 2. The molecular formula is C22H15F4N7O2. The number of aliphatic hydroxyl groups excluding tert-OH is 1. The van der Waals surface area contributed by atoms with Crippen molar-refractivity contribution in [1.82, 2.24) is 14.6 Å². The maximum absolute atomic E-state index is 13.9. The van der Waals surface area contributed by atoms with E-state index in [1.54, 1.807) is 12.1 Å². The first-order valence-electron chi connectivity index (χ1n) is 9.84. The van der Waals surface area contributed by atoms with Gasteiger partial charge in [-0.3, -0.25) is 0 Å². The highest BCUT2D eigenvalue weighted by molar-refractivity contribution is 6.00. The molecule has 0 saturated carbocycles. The number of nitriles is 1. The first kappa shape index (κ1) is 23.5. The first-order valence-corrected chi connectivity index (χ1v) is 9.84. The standard InChI is InChI=1S/C22H15F4N7O2/c23-15-6-3-12(22(24,25)26)7-16(15)32-21(35)31-13-4-1-11(2-5-13)18-14(9-34)17(8-27)33-19(18)20(28)29-10-30-33/h1-7,10,34H,9H2,(H2,28,29,30)(H2,31,32,35). The van der Waals surface area contributed by atoms with Crippen LogP contribution in [-0.4, -0.2) is 25.7 Å². The molecule has 0 unspecified atom stereocenters. The third-order valence-electron chi connectivity index (χ3n) is 5.09. The number of alkyl halides is 3. The van der Waals surface area contributed by atoms with Gasteiger partial charge >= 0.3 is 12.2 Å². The molecule has 13 heteroatoms. The third-order valence-corrected chi connectivity index (χ3v) is 5.09. The van der Waals surface area contributed by atoms with E-state index in [2.05, 4.69) is 15.4 Å². The van der Waals surface area contributed by atoms with Crippen molar-refractivity contribution >= 4 is 28.7 Å². The van der Waals surface area contributed by atoms with Crippen molar-refractivity contribution in [3.63, 3.8) is 0 Å². The molecule has 2 amide bonds. The number of rotatable bonds is 4. The third kappa shape index (κ3) is 4.42. The number of halogens is 4. The van der Waals surface area contributed by atoms with Crippen LogP contribution in [0.5, 0.6) is 0 Å². The summed E-state index contributed by atoms with van der Waals surface area (Å²) in [6, 6.07) is 8.73. The molecule has 0 radical (unpaired) electrons. The van der Waals surface area contributed by atoms with Crippen molar-refractivity contribution in [2.24, 2.45) is 0 Å². The van der Waals surface area contributed by atoms with E-state index in [0.29, 0.717) is 34.8 Å². The molecule has 0 atom stereocenters. The first-order chi connectivity index (χ1) is 16.6. The largest absolute Gasteiger partial charge is 0.416 e. The van der Waals surface area contributed by atoms with Crippen molar-refractivity contribution in [2.75, 3.05) is 16.4 Å². The quantitative estimate of drug-likeness (QED) is 0.320. The molecular weight excluding hydrogens is 470 g/mol. The molecule has 0 aliphatic rings. The van der Waals surface area contributed by atoms with Gasteiger partial charge in [-0.1, -0.05) is 12.1 Å². The van der Waals surface area contributed by atoms with Crippen LogP contribution in [0.4, 0.5) is 39.5 Å². The summed E-state index contributed by atoms with van der Waals surface area (Å²) >= 11 is 0. The van der Waals surface area contributed by atoms with Crippen molar-refractivity contribution in [3.8, 4) is 17.2 Å². The summed E-state index contributed by atoms with van der Waals surface area (Å²) in [4.78, 5) is 16.2. The molecule has 0 aliphatic heterocycles. The molecule has 0 aliphatic carbocycles. The maximum Gasteiger partial charge on any atom is 0.416 e. The van der Waals surface area contributed by atoms with E-state index in [1.807, 2.05) is 11.4 Å². The molecule has 2 heterocycles. The van der Waals surface area contributed by atoms with Crippen LogP contribution >= 0.6 is 0 Å². The number of hydrogen-bond acceptors (Lipinski definition) is 6. The molecule has 5 N–H and O–H groups in total. The van der Waals surface area contributed by atoms with Gasteiger partial charge in [0, 0.05) is 16.8 Å². The second-order valence-corrected chi connectivity index (χ2v) is 7.23. The average Bonchev–Trinajstić information content (AvgIpc) is 3.15. The maximum atomic E-state index is 13.9. The van der Waals surface area contributed by atoms with Crippen molar-refractivity contribution < 1.29 is 27.5 Å². The summed E-state index contributed by atoms with van der Waals surface area (Å²) in [6.45, 7) is -0.480. The predicted octanol–water partition coefficient (Wildman–Crippen LogP) is 4.14. The van der Waals surface area contributed by atoms with Crippen LogP contribution in [-0.2, 0) is 12.8 Å². The van der Waals surface area contributed by atoms with E-state index in [0.717, 1.165) is 0 Å². The Kier molecular flexibility index (Phi) is 5.98. The molecule has 4 rings (SSSR count). The number of nitrogen functional groups attached to an aromatic ring is 1. The molecule has 0 spiro atoms. The summed E-state index contributed by atoms with van der Waals surface area (Å²) in [5.41, 5.74) is 6.06. The van der Waals surface area contributed by atoms with E-state index >= 15 is 0 Å². The van der Waals surface area contributed by atoms with Crippen LogP contribution in [0.25, 0.3) is 16.6 Å². The Morgan fingerprint density at radius 3 is 2.51 bits per heavy atom. The van der Waals surface area contributed by atoms with Gasteiger partial charge in [0.05, 0.1) is 17.9 Å². The minimum absolute atomic E-state index is 0.0795. The molecule has 0 bridgehead atoms. The SMILES string of the molecule is N#Cc1c(CO)c(-c2ccc(NC(=O)Nc3cc(C(F)(F)F)ccc3F)cc2)c2c(N)ncnn12. The summed E-state index contributed by atoms with van der Waals surface area (Å²) in [6.07, 6.45) is -3.53. The predicted molar refractivity (Wildman–Crippen MR) is 118 cm³/mol. The van der Waals surface area contributed by atoms with Gasteiger partial charge < -0.3 is 21.5 Å². The minimum Gasteiger partial charge on any atom is -0.392 e. The van der Waals surface area contributed by atoms with Crippen LogP contribution in [0, 0.1) is 17.1 Å². The van der Waals surface area contributed by atoms with Crippen LogP contribution in [0.1, 0.15) is 16.8 Å². The lowest BCUT2D eigenvalue weighted by Gasteiger charge is -2.12. The second kappa shape index (κ2) is 8.92.